The van der Waals surface area contributed by atoms with Crippen molar-refractivity contribution in [3.63, 3.8) is 0 Å². The van der Waals surface area contributed by atoms with Crippen LogP contribution in [0.4, 0.5) is 0 Å². The van der Waals surface area contributed by atoms with Gasteiger partial charge in [-0.15, -0.1) is 11.3 Å². The lowest BCUT2D eigenvalue weighted by Crippen LogP contribution is -2.15. The van der Waals surface area contributed by atoms with Crippen molar-refractivity contribution in [2.45, 2.75) is 13.3 Å². The van der Waals surface area contributed by atoms with E-state index in [9.17, 15) is 0 Å². The van der Waals surface area contributed by atoms with Crippen LogP contribution in [0.25, 0.3) is 0 Å². The van der Waals surface area contributed by atoms with Gasteiger partial charge in [-0.2, -0.15) is 0 Å². The zero-order chi connectivity index (χ0) is 13.7. The first-order valence-corrected chi connectivity index (χ1v) is 6.40. The number of nitrogens with two attached hydrogens (primary N) is 1. The van der Waals surface area contributed by atoms with Gasteiger partial charge in [0.2, 0.25) is 5.88 Å². The molecule has 0 saturated heterocycles. The standard InChI is InChI=1S/C11H13N5O2S/c1-7-9(19-6-15-7)2-3-18-10-5-13-8(4-14-10)11(12)16-17/h4-6,17H,2-3H2,1H3,(H2,12,16). The predicted molar refractivity (Wildman–Crippen MR) is 70.6 cm³/mol. The van der Waals surface area contributed by atoms with Gasteiger partial charge < -0.3 is 15.7 Å². The second-order valence-electron chi connectivity index (χ2n) is 3.68. The summed E-state index contributed by atoms with van der Waals surface area (Å²) in [7, 11) is 0. The molecule has 0 saturated carbocycles. The maximum Gasteiger partial charge on any atom is 0.232 e. The van der Waals surface area contributed by atoms with Crippen molar-refractivity contribution < 1.29 is 9.94 Å². The number of nitrogens with zero attached hydrogens (tertiary/aromatic N) is 4. The maximum atomic E-state index is 8.49. The molecule has 0 spiro atoms. The van der Waals surface area contributed by atoms with Crippen molar-refractivity contribution in [3.05, 3.63) is 34.2 Å². The second kappa shape index (κ2) is 6.10. The zero-order valence-corrected chi connectivity index (χ0v) is 11.1. The number of amidine groups is 1. The minimum Gasteiger partial charge on any atom is -0.476 e. The molecule has 100 valence electrons. The first-order valence-electron chi connectivity index (χ1n) is 5.52. The van der Waals surface area contributed by atoms with Crippen molar-refractivity contribution in [2.75, 3.05) is 6.61 Å². The summed E-state index contributed by atoms with van der Waals surface area (Å²) in [6, 6.07) is 0. The third-order valence-corrected chi connectivity index (χ3v) is 3.42. The normalized spacial score (nSPS) is 11.5. The Morgan fingerprint density at radius 1 is 1.42 bits per heavy atom. The van der Waals surface area contributed by atoms with Gasteiger partial charge in [0.15, 0.2) is 5.84 Å². The molecule has 0 unspecified atom stereocenters. The molecule has 2 heterocycles. The second-order valence-corrected chi connectivity index (χ2v) is 4.62. The monoisotopic (exact) mass is 279 g/mol. The highest BCUT2D eigenvalue weighted by molar-refractivity contribution is 7.09. The molecule has 2 rings (SSSR count). The summed E-state index contributed by atoms with van der Waals surface area (Å²) in [6.45, 7) is 2.47. The van der Waals surface area contributed by atoms with Crippen molar-refractivity contribution in [2.24, 2.45) is 10.9 Å². The van der Waals surface area contributed by atoms with Crippen LogP contribution in [0.1, 0.15) is 16.3 Å². The summed E-state index contributed by atoms with van der Waals surface area (Å²) < 4.78 is 5.46. The molecule has 0 bridgehead atoms. The van der Waals surface area contributed by atoms with Crippen LogP contribution >= 0.6 is 11.3 Å². The highest BCUT2D eigenvalue weighted by Gasteiger charge is 2.04. The number of ether oxygens (including phenoxy) is 1. The molecule has 2 aromatic rings. The Hall–Kier alpha value is -2.22. The minimum atomic E-state index is -0.0839. The highest BCUT2D eigenvalue weighted by atomic mass is 32.1. The van der Waals surface area contributed by atoms with Crippen molar-refractivity contribution in [3.8, 4) is 5.88 Å². The molecule has 0 amide bonds. The molecule has 0 aliphatic rings. The van der Waals surface area contributed by atoms with Gasteiger partial charge in [0.1, 0.15) is 5.69 Å². The Morgan fingerprint density at radius 2 is 2.26 bits per heavy atom. The third kappa shape index (κ3) is 3.38. The molecule has 2 aromatic heterocycles. The molecule has 0 aliphatic carbocycles. The molecule has 0 atom stereocenters. The Morgan fingerprint density at radius 3 is 2.84 bits per heavy atom. The number of rotatable bonds is 5. The zero-order valence-electron chi connectivity index (χ0n) is 10.3. The molecule has 0 aromatic carbocycles. The summed E-state index contributed by atoms with van der Waals surface area (Å²) in [5.74, 6) is 0.316. The summed E-state index contributed by atoms with van der Waals surface area (Å²) in [5.41, 5.74) is 8.52. The molecule has 0 radical (unpaired) electrons. The number of aromatic nitrogens is 3. The topological polar surface area (TPSA) is 107 Å². The van der Waals surface area contributed by atoms with E-state index < -0.39 is 0 Å². The van der Waals surface area contributed by atoms with Gasteiger partial charge in [0.25, 0.3) is 0 Å². The van der Waals surface area contributed by atoms with E-state index in [0.717, 1.165) is 12.1 Å². The van der Waals surface area contributed by atoms with Crippen LogP contribution < -0.4 is 10.5 Å². The van der Waals surface area contributed by atoms with E-state index in [1.807, 2.05) is 12.4 Å². The van der Waals surface area contributed by atoms with Gasteiger partial charge in [-0.25, -0.2) is 15.0 Å². The van der Waals surface area contributed by atoms with Crippen LogP contribution in [0.3, 0.4) is 0 Å². The van der Waals surface area contributed by atoms with Gasteiger partial charge in [-0.1, -0.05) is 5.16 Å². The molecular weight excluding hydrogens is 266 g/mol. The van der Waals surface area contributed by atoms with Crippen molar-refractivity contribution >= 4 is 17.2 Å². The van der Waals surface area contributed by atoms with Crippen LogP contribution in [0.15, 0.2) is 23.1 Å². The lowest BCUT2D eigenvalue weighted by atomic mass is 10.3. The van der Waals surface area contributed by atoms with Crippen molar-refractivity contribution in [1.82, 2.24) is 15.0 Å². The highest BCUT2D eigenvalue weighted by Crippen LogP contribution is 2.13. The number of thiazole rings is 1. The van der Waals surface area contributed by atoms with Crippen molar-refractivity contribution in [1.29, 1.82) is 0 Å². The van der Waals surface area contributed by atoms with E-state index in [2.05, 4.69) is 20.1 Å². The van der Waals surface area contributed by atoms with E-state index in [0.29, 0.717) is 18.2 Å². The van der Waals surface area contributed by atoms with E-state index in [1.54, 1.807) is 11.3 Å². The fraction of sp³-hybridized carbons (Fsp3) is 0.273. The number of hydrogen-bond acceptors (Lipinski definition) is 7. The van der Waals surface area contributed by atoms with Crippen LogP contribution in [-0.4, -0.2) is 32.6 Å². The summed E-state index contributed by atoms with van der Waals surface area (Å²) in [5, 5.41) is 11.3. The van der Waals surface area contributed by atoms with E-state index >= 15 is 0 Å². The average molecular weight is 279 g/mol. The van der Waals surface area contributed by atoms with Crippen LogP contribution in [0.2, 0.25) is 0 Å². The molecule has 19 heavy (non-hydrogen) atoms. The van der Waals surface area contributed by atoms with Gasteiger partial charge in [-0.3, -0.25) is 0 Å². The average Bonchev–Trinajstić information content (AvgIpc) is 2.84. The molecule has 0 aliphatic heterocycles. The van der Waals surface area contributed by atoms with Crippen LogP contribution in [0.5, 0.6) is 5.88 Å². The van der Waals surface area contributed by atoms with Gasteiger partial charge in [-0.05, 0) is 6.92 Å². The van der Waals surface area contributed by atoms with E-state index in [-0.39, 0.29) is 5.84 Å². The Labute approximate surface area is 113 Å². The largest absolute Gasteiger partial charge is 0.476 e. The van der Waals surface area contributed by atoms with E-state index in [1.165, 1.54) is 17.3 Å². The van der Waals surface area contributed by atoms with E-state index in [4.69, 9.17) is 15.7 Å². The number of hydrogen-bond donors (Lipinski definition) is 2. The quantitative estimate of drug-likeness (QED) is 0.365. The lowest BCUT2D eigenvalue weighted by Gasteiger charge is -2.04. The van der Waals surface area contributed by atoms with Crippen LogP contribution in [0, 0.1) is 6.92 Å². The van der Waals surface area contributed by atoms with Gasteiger partial charge >= 0.3 is 0 Å². The molecule has 3 N–H and O–H groups in total. The minimum absolute atomic E-state index is 0.0839. The first-order chi connectivity index (χ1) is 9.20. The Balaban J connectivity index is 1.88. The maximum absolute atomic E-state index is 8.49. The molecular formula is C11H13N5O2S. The predicted octanol–water partition coefficient (Wildman–Crippen LogP) is 0.958. The third-order valence-electron chi connectivity index (χ3n) is 2.42. The smallest absolute Gasteiger partial charge is 0.232 e. The summed E-state index contributed by atoms with van der Waals surface area (Å²) in [4.78, 5) is 13.4. The van der Waals surface area contributed by atoms with Gasteiger partial charge in [0, 0.05) is 11.3 Å². The summed E-state index contributed by atoms with van der Waals surface area (Å²) >= 11 is 1.61. The molecule has 0 fully saturated rings. The molecule has 7 nitrogen and oxygen atoms in total. The number of oxime groups is 1. The Kier molecular flexibility index (Phi) is 4.24. The van der Waals surface area contributed by atoms with Crippen LogP contribution in [-0.2, 0) is 6.42 Å². The fourth-order valence-electron chi connectivity index (χ4n) is 1.39. The Bertz CT molecular complexity index is 567. The fourth-order valence-corrected chi connectivity index (χ4v) is 2.15. The lowest BCUT2D eigenvalue weighted by molar-refractivity contribution is 0.308. The SMILES string of the molecule is Cc1ncsc1CCOc1cnc(C(N)=NO)cn1. The summed E-state index contributed by atoms with van der Waals surface area (Å²) in [6.07, 6.45) is 3.61. The van der Waals surface area contributed by atoms with Gasteiger partial charge in [0.05, 0.1) is 30.2 Å². The molecule has 8 heteroatoms. The first kappa shape index (κ1) is 13.2. The number of aryl methyl sites for hydroxylation is 1.